The molecular weight excluding hydrogens is 532 g/mol. The number of hydrogen-bond donors (Lipinski definition) is 0. The Morgan fingerprint density at radius 1 is 0.585 bits per heavy atom. The zero-order valence-corrected chi connectivity index (χ0v) is 28.3. The van der Waals surface area contributed by atoms with Crippen molar-refractivity contribution < 1.29 is 0 Å². The van der Waals surface area contributed by atoms with Gasteiger partial charge in [0.1, 0.15) is 0 Å². The van der Waals surface area contributed by atoms with Gasteiger partial charge in [-0.3, -0.25) is 4.90 Å². The first kappa shape index (κ1) is 30.5. The first-order valence-electron chi connectivity index (χ1n) is 17.9. The van der Waals surface area contributed by atoms with Crippen LogP contribution in [0.3, 0.4) is 0 Å². The fourth-order valence-corrected chi connectivity index (χ4v) is 17.6. The zero-order chi connectivity index (χ0) is 28.0. The van der Waals surface area contributed by atoms with Crippen molar-refractivity contribution in [2.75, 3.05) is 14.1 Å². The highest BCUT2D eigenvalue weighted by atomic mass is 31.1. The number of likely N-dealkylation sites (N-methyl/N-ethyl adjacent to an activating group) is 1. The van der Waals surface area contributed by atoms with Gasteiger partial charge in [0.05, 0.1) is 6.04 Å². The molecule has 3 heteroatoms. The molecule has 0 bridgehead atoms. The minimum Gasteiger partial charge on any atom is -0.299 e. The van der Waals surface area contributed by atoms with Crippen molar-refractivity contribution in [3.63, 3.8) is 0 Å². The van der Waals surface area contributed by atoms with Gasteiger partial charge in [-0.25, -0.2) is 0 Å². The lowest BCUT2D eigenvalue weighted by molar-refractivity contribution is 0.335. The molecule has 1 aromatic rings. The van der Waals surface area contributed by atoms with Crippen molar-refractivity contribution in [3.05, 3.63) is 52.9 Å². The monoisotopic (exact) mass is 591 g/mol. The average Bonchev–Trinajstić information content (AvgIpc) is 3.49. The van der Waals surface area contributed by atoms with E-state index in [1.807, 2.05) is 16.2 Å². The highest BCUT2D eigenvalue weighted by Gasteiger charge is 2.39. The van der Waals surface area contributed by atoms with Gasteiger partial charge >= 0.3 is 0 Å². The number of hydrogen-bond acceptors (Lipinski definition) is 1. The Labute approximate surface area is 255 Å². The molecule has 1 unspecified atom stereocenters. The van der Waals surface area contributed by atoms with Crippen LogP contribution in [-0.2, 0) is 0 Å². The second-order valence-electron chi connectivity index (χ2n) is 14.4. The van der Waals surface area contributed by atoms with Crippen LogP contribution in [0.1, 0.15) is 146 Å². The molecule has 0 N–H and O–H groups in total. The van der Waals surface area contributed by atoms with Gasteiger partial charge in [0, 0.05) is 0 Å². The quantitative estimate of drug-likeness (QED) is 0.258. The van der Waals surface area contributed by atoms with E-state index in [0.29, 0.717) is 6.04 Å². The summed E-state index contributed by atoms with van der Waals surface area (Å²) >= 11 is 0. The van der Waals surface area contributed by atoms with E-state index >= 15 is 0 Å². The Hall–Kier alpha value is -0.480. The molecule has 226 valence electrons. The third kappa shape index (κ3) is 7.10. The maximum atomic E-state index is 2.68. The van der Waals surface area contributed by atoms with Crippen LogP contribution in [-0.4, -0.2) is 41.6 Å². The molecule has 1 atom stereocenters. The summed E-state index contributed by atoms with van der Waals surface area (Å²) in [5, 5.41) is 3.69. The van der Waals surface area contributed by atoms with Gasteiger partial charge in [0.2, 0.25) is 0 Å². The molecule has 0 heterocycles. The van der Waals surface area contributed by atoms with Crippen LogP contribution in [0, 0.1) is 0 Å². The van der Waals surface area contributed by atoms with Crippen molar-refractivity contribution in [1.29, 1.82) is 0 Å². The number of allylic oxidation sites excluding steroid dienone is 3. The third-order valence-corrected chi connectivity index (χ3v) is 18.6. The molecule has 0 aromatic heterocycles. The summed E-state index contributed by atoms with van der Waals surface area (Å²) in [5.74, 6) is 0. The van der Waals surface area contributed by atoms with Crippen molar-refractivity contribution in [2.45, 2.75) is 164 Å². The van der Waals surface area contributed by atoms with Gasteiger partial charge in [0.15, 0.2) is 0 Å². The average molecular weight is 592 g/mol. The molecule has 1 aromatic carbocycles. The van der Waals surface area contributed by atoms with E-state index in [1.54, 1.807) is 5.56 Å². The van der Waals surface area contributed by atoms with E-state index < -0.39 is 0 Å². The lowest BCUT2D eigenvalue weighted by Gasteiger charge is -2.42. The van der Waals surface area contributed by atoms with Crippen molar-refractivity contribution in [2.24, 2.45) is 0 Å². The lowest BCUT2D eigenvalue weighted by Crippen LogP contribution is -2.32. The highest BCUT2D eigenvalue weighted by molar-refractivity contribution is 7.67. The maximum absolute atomic E-state index is 2.68. The summed E-state index contributed by atoms with van der Waals surface area (Å²) in [7, 11) is 4.63. The van der Waals surface area contributed by atoms with E-state index in [1.165, 1.54) is 135 Å². The van der Waals surface area contributed by atoms with Crippen LogP contribution in [0.25, 0.3) is 0 Å². The standard InChI is InChI=1S/C38H59NP2/c1-39(2)38(35-27-17-29-37(35)41(32-22-11-5-12-23-32)33-24-13-6-14-25-33)34-26-15-16-28-36(34)40(30-18-7-3-8-19-30)31-20-9-4-10-21-31/h15-17,26,28-33,38H,3-14,18-25,27H2,1-2H3. The number of benzene rings is 1. The normalized spacial score (nSPS) is 25.2. The minimum absolute atomic E-state index is 0.0628. The van der Waals surface area contributed by atoms with Crippen molar-refractivity contribution in [1.82, 2.24) is 4.90 Å². The Balaban J connectivity index is 1.41. The second-order valence-corrected chi connectivity index (χ2v) is 19.9. The van der Waals surface area contributed by atoms with Gasteiger partial charge in [0.25, 0.3) is 0 Å². The Morgan fingerprint density at radius 3 is 1.49 bits per heavy atom. The molecule has 5 aliphatic carbocycles. The van der Waals surface area contributed by atoms with E-state index in [2.05, 4.69) is 55.4 Å². The molecule has 0 aliphatic heterocycles. The van der Waals surface area contributed by atoms with Gasteiger partial charge in [-0.05, 0) is 116 Å². The summed E-state index contributed by atoms with van der Waals surface area (Å²) in [6.45, 7) is 0. The van der Waals surface area contributed by atoms with E-state index in [0.717, 1.165) is 22.6 Å². The van der Waals surface area contributed by atoms with Crippen molar-refractivity contribution in [3.8, 4) is 0 Å². The summed E-state index contributed by atoms with van der Waals surface area (Å²) in [6, 6.07) is 10.5. The molecule has 41 heavy (non-hydrogen) atoms. The lowest BCUT2D eigenvalue weighted by atomic mass is 9.96. The first-order valence-corrected chi connectivity index (χ1v) is 20.9. The highest BCUT2D eigenvalue weighted by Crippen LogP contribution is 2.64. The Morgan fingerprint density at radius 2 is 1.02 bits per heavy atom. The van der Waals surface area contributed by atoms with Crippen LogP contribution in [0.2, 0.25) is 0 Å². The molecule has 0 radical (unpaired) electrons. The van der Waals surface area contributed by atoms with Gasteiger partial charge in [-0.2, -0.15) is 0 Å². The van der Waals surface area contributed by atoms with E-state index in [4.69, 9.17) is 0 Å². The SMILES string of the molecule is CN(C)C(C1=C(P(C2CCCCC2)C2CCCCC2)C=CC1)c1ccccc1P(C1CCCCC1)C1CCCCC1. The van der Waals surface area contributed by atoms with Gasteiger partial charge in [-0.1, -0.05) is 129 Å². The Kier molecular flexibility index (Phi) is 11.2. The second kappa shape index (κ2) is 15.0. The molecule has 0 saturated heterocycles. The third-order valence-electron chi connectivity index (χ3n) is 11.4. The predicted octanol–water partition coefficient (Wildman–Crippen LogP) is 11.4. The molecule has 4 fully saturated rings. The molecule has 0 spiro atoms. The Bertz CT molecular complexity index is 982. The van der Waals surface area contributed by atoms with Crippen LogP contribution in [0.5, 0.6) is 0 Å². The first-order chi connectivity index (χ1) is 20.2. The molecule has 4 saturated carbocycles. The zero-order valence-electron chi connectivity index (χ0n) is 26.5. The molecular formula is C38H59NP2. The number of rotatable bonds is 9. The summed E-state index contributed by atoms with van der Waals surface area (Å²) in [6.07, 6.45) is 36.2. The van der Waals surface area contributed by atoms with Crippen LogP contribution < -0.4 is 5.30 Å². The summed E-state index contributed by atoms with van der Waals surface area (Å²) < 4.78 is 0. The molecule has 1 nitrogen and oxygen atoms in total. The van der Waals surface area contributed by atoms with Crippen LogP contribution >= 0.6 is 15.8 Å². The van der Waals surface area contributed by atoms with Crippen LogP contribution in [0.4, 0.5) is 0 Å². The van der Waals surface area contributed by atoms with Crippen LogP contribution in [0.15, 0.2) is 47.3 Å². The molecule has 6 rings (SSSR count). The topological polar surface area (TPSA) is 3.24 Å². The smallest absolute Gasteiger partial charge is 0.0574 e. The van der Waals surface area contributed by atoms with E-state index in [-0.39, 0.29) is 15.8 Å². The fraction of sp³-hybridized carbons (Fsp3) is 0.737. The van der Waals surface area contributed by atoms with Crippen molar-refractivity contribution >= 4 is 21.1 Å². The largest absolute Gasteiger partial charge is 0.299 e. The minimum atomic E-state index is -0.103. The van der Waals surface area contributed by atoms with E-state index in [9.17, 15) is 0 Å². The van der Waals surface area contributed by atoms with Gasteiger partial charge < -0.3 is 0 Å². The molecule has 0 amide bonds. The van der Waals surface area contributed by atoms with Gasteiger partial charge in [-0.15, -0.1) is 0 Å². The summed E-state index contributed by atoms with van der Waals surface area (Å²) in [4.78, 5) is 2.63. The number of nitrogens with zero attached hydrogens (tertiary/aromatic N) is 1. The maximum Gasteiger partial charge on any atom is 0.0574 e. The fourth-order valence-electron chi connectivity index (χ4n) is 9.56. The molecule has 5 aliphatic rings. The summed E-state index contributed by atoms with van der Waals surface area (Å²) in [5.41, 5.74) is 7.40. The predicted molar refractivity (Wildman–Crippen MR) is 185 cm³/mol.